The van der Waals surface area contributed by atoms with Crippen LogP contribution in [0.3, 0.4) is 0 Å². The third-order valence-corrected chi connectivity index (χ3v) is 7.27. The van der Waals surface area contributed by atoms with E-state index in [1.807, 2.05) is 36.4 Å². The van der Waals surface area contributed by atoms with E-state index in [2.05, 4.69) is 64.7 Å². The molecule has 0 saturated carbocycles. The van der Waals surface area contributed by atoms with Crippen molar-refractivity contribution in [3.05, 3.63) is 76.9 Å². The standard InChI is InChI=1S/C37H48O5/c1-27(2)23-32(24-28(3)4)16-19-33-25-35(42-37(33)39)26-41-36(38)9-7-6-8-22-40-34-20-17-31(18-21-34)15-14-30-12-10-29(5)11-13-30/h10-13,17-21,27-28,32,35H,6-9,16,22-26H2,1-5H3/b33-19+. The van der Waals surface area contributed by atoms with Crippen molar-refractivity contribution in [1.82, 2.24) is 0 Å². The van der Waals surface area contributed by atoms with Crippen LogP contribution in [0, 0.1) is 36.5 Å². The third-order valence-electron chi connectivity index (χ3n) is 7.27. The van der Waals surface area contributed by atoms with Gasteiger partial charge in [0.2, 0.25) is 0 Å². The molecule has 0 N–H and O–H groups in total. The summed E-state index contributed by atoms with van der Waals surface area (Å²) in [7, 11) is 0. The van der Waals surface area contributed by atoms with Gasteiger partial charge < -0.3 is 14.2 Å². The molecule has 42 heavy (non-hydrogen) atoms. The third kappa shape index (κ3) is 12.6. The van der Waals surface area contributed by atoms with Crippen LogP contribution in [0.25, 0.3) is 0 Å². The van der Waals surface area contributed by atoms with Crippen LogP contribution in [-0.2, 0) is 19.1 Å². The topological polar surface area (TPSA) is 61.8 Å². The Balaban J connectivity index is 1.27. The molecule has 1 atom stereocenters. The van der Waals surface area contributed by atoms with Crippen molar-refractivity contribution >= 4 is 11.9 Å². The fourth-order valence-corrected chi connectivity index (χ4v) is 5.20. The van der Waals surface area contributed by atoms with Gasteiger partial charge in [0.1, 0.15) is 18.5 Å². The normalized spacial score (nSPS) is 15.7. The lowest BCUT2D eigenvalue weighted by molar-refractivity contribution is -0.152. The zero-order valence-electron chi connectivity index (χ0n) is 26.1. The molecule has 1 fully saturated rings. The molecule has 1 aliphatic rings. The Morgan fingerprint density at radius 3 is 2.17 bits per heavy atom. The Morgan fingerprint density at radius 2 is 1.55 bits per heavy atom. The number of unbranched alkanes of at least 4 members (excludes halogenated alkanes) is 2. The second-order valence-corrected chi connectivity index (χ2v) is 12.3. The number of carbonyl (C=O) groups excluding carboxylic acids is 2. The van der Waals surface area contributed by atoms with E-state index in [1.165, 1.54) is 5.56 Å². The molecule has 0 radical (unpaired) electrons. The number of esters is 2. The smallest absolute Gasteiger partial charge is 0.334 e. The summed E-state index contributed by atoms with van der Waals surface area (Å²) in [5.74, 6) is 8.49. The maximum atomic E-state index is 12.3. The number of rotatable bonds is 15. The molecule has 0 spiro atoms. The number of hydrogen-bond donors (Lipinski definition) is 0. The minimum atomic E-state index is -0.380. The fourth-order valence-electron chi connectivity index (χ4n) is 5.20. The van der Waals surface area contributed by atoms with Gasteiger partial charge in [0.25, 0.3) is 0 Å². The van der Waals surface area contributed by atoms with Gasteiger partial charge in [0, 0.05) is 29.5 Å². The minimum Gasteiger partial charge on any atom is -0.494 e. The average Bonchev–Trinajstić information content (AvgIpc) is 3.31. The predicted octanol–water partition coefficient (Wildman–Crippen LogP) is 8.22. The van der Waals surface area contributed by atoms with E-state index in [9.17, 15) is 9.59 Å². The molecule has 0 aromatic heterocycles. The SMILES string of the molecule is Cc1ccc(C#Cc2ccc(OCCCCCC(=O)OCC3C/C(=C\CC(CC(C)C)CC(C)C)C(=O)O3)cc2)cc1. The van der Waals surface area contributed by atoms with Gasteiger partial charge in [-0.15, -0.1) is 0 Å². The van der Waals surface area contributed by atoms with Gasteiger partial charge in [0.15, 0.2) is 0 Å². The molecule has 0 bridgehead atoms. The first kappa shape index (κ1) is 33.0. The lowest BCUT2D eigenvalue weighted by atomic mass is 9.86. The lowest BCUT2D eigenvalue weighted by Gasteiger charge is -2.19. The van der Waals surface area contributed by atoms with Crippen LogP contribution in [0.1, 0.15) is 95.8 Å². The highest BCUT2D eigenvalue weighted by molar-refractivity contribution is 5.90. The second kappa shape index (κ2) is 17.4. The van der Waals surface area contributed by atoms with Crippen molar-refractivity contribution in [3.63, 3.8) is 0 Å². The van der Waals surface area contributed by atoms with Crippen LogP contribution in [0.2, 0.25) is 0 Å². The Kier molecular flexibility index (Phi) is 13.7. The first-order chi connectivity index (χ1) is 20.2. The van der Waals surface area contributed by atoms with Gasteiger partial charge in [0.05, 0.1) is 6.61 Å². The zero-order valence-corrected chi connectivity index (χ0v) is 26.1. The number of carbonyl (C=O) groups is 2. The van der Waals surface area contributed by atoms with Gasteiger partial charge in [-0.2, -0.15) is 0 Å². The van der Waals surface area contributed by atoms with Gasteiger partial charge >= 0.3 is 11.9 Å². The van der Waals surface area contributed by atoms with Crippen molar-refractivity contribution in [2.24, 2.45) is 17.8 Å². The number of allylic oxidation sites excluding steroid dienone is 1. The summed E-state index contributed by atoms with van der Waals surface area (Å²) in [6.07, 6.45) is 8.20. The van der Waals surface area contributed by atoms with Gasteiger partial charge in [-0.3, -0.25) is 4.79 Å². The van der Waals surface area contributed by atoms with E-state index in [0.29, 0.717) is 37.2 Å². The van der Waals surface area contributed by atoms with Crippen LogP contribution >= 0.6 is 0 Å². The summed E-state index contributed by atoms with van der Waals surface area (Å²) >= 11 is 0. The van der Waals surface area contributed by atoms with Crippen molar-refractivity contribution in [3.8, 4) is 17.6 Å². The summed E-state index contributed by atoms with van der Waals surface area (Å²) in [5.41, 5.74) is 3.88. The number of cyclic esters (lactones) is 1. The van der Waals surface area contributed by atoms with Crippen molar-refractivity contribution < 1.29 is 23.8 Å². The first-order valence-electron chi connectivity index (χ1n) is 15.5. The van der Waals surface area contributed by atoms with Crippen molar-refractivity contribution in [2.45, 2.75) is 92.1 Å². The Bertz CT molecular complexity index is 1200. The van der Waals surface area contributed by atoms with Crippen LogP contribution in [0.5, 0.6) is 5.75 Å². The first-order valence-corrected chi connectivity index (χ1v) is 15.5. The molecular formula is C37H48O5. The quantitative estimate of drug-likeness (QED) is 0.0931. The molecule has 1 saturated heterocycles. The molecule has 2 aromatic rings. The predicted molar refractivity (Wildman–Crippen MR) is 168 cm³/mol. The van der Waals surface area contributed by atoms with E-state index in [-0.39, 0.29) is 24.6 Å². The highest BCUT2D eigenvalue weighted by Crippen LogP contribution is 2.27. The summed E-state index contributed by atoms with van der Waals surface area (Å²) in [5, 5.41) is 0. The molecule has 3 rings (SSSR count). The molecule has 226 valence electrons. The minimum absolute atomic E-state index is 0.123. The molecule has 1 unspecified atom stereocenters. The van der Waals surface area contributed by atoms with Gasteiger partial charge in [-0.05, 0) is 99.6 Å². The van der Waals surface area contributed by atoms with E-state index in [4.69, 9.17) is 14.2 Å². The van der Waals surface area contributed by atoms with Gasteiger partial charge in [-0.25, -0.2) is 4.79 Å². The van der Waals surface area contributed by atoms with Crippen LogP contribution in [0.4, 0.5) is 0 Å². The summed E-state index contributed by atoms with van der Waals surface area (Å²) < 4.78 is 16.7. The molecule has 0 aliphatic carbocycles. The zero-order chi connectivity index (χ0) is 30.3. The van der Waals surface area contributed by atoms with E-state index in [0.717, 1.165) is 61.0 Å². The molecule has 5 nitrogen and oxygen atoms in total. The molecule has 0 amide bonds. The molecule has 2 aromatic carbocycles. The van der Waals surface area contributed by atoms with E-state index >= 15 is 0 Å². The Labute approximate surface area is 253 Å². The van der Waals surface area contributed by atoms with Crippen LogP contribution in [0.15, 0.2) is 60.2 Å². The van der Waals surface area contributed by atoms with Crippen LogP contribution in [-0.4, -0.2) is 31.3 Å². The number of hydrogen-bond acceptors (Lipinski definition) is 5. The Morgan fingerprint density at radius 1 is 0.929 bits per heavy atom. The van der Waals surface area contributed by atoms with Crippen LogP contribution < -0.4 is 4.74 Å². The Hall–Kier alpha value is -3.52. The largest absolute Gasteiger partial charge is 0.494 e. The monoisotopic (exact) mass is 572 g/mol. The van der Waals surface area contributed by atoms with Crippen molar-refractivity contribution in [1.29, 1.82) is 0 Å². The average molecular weight is 573 g/mol. The lowest BCUT2D eigenvalue weighted by Crippen LogP contribution is -2.18. The molecule has 5 heteroatoms. The van der Waals surface area contributed by atoms with Gasteiger partial charge in [-0.1, -0.05) is 63.3 Å². The molecule has 1 heterocycles. The maximum absolute atomic E-state index is 12.3. The summed E-state index contributed by atoms with van der Waals surface area (Å²) in [6, 6.07) is 16.0. The summed E-state index contributed by atoms with van der Waals surface area (Å²) in [4.78, 5) is 24.5. The highest BCUT2D eigenvalue weighted by Gasteiger charge is 2.30. The van der Waals surface area contributed by atoms with E-state index < -0.39 is 0 Å². The maximum Gasteiger partial charge on any atom is 0.334 e. The van der Waals surface area contributed by atoms with Crippen molar-refractivity contribution in [2.75, 3.05) is 13.2 Å². The van der Waals surface area contributed by atoms with E-state index in [1.54, 1.807) is 0 Å². The summed E-state index contributed by atoms with van der Waals surface area (Å²) in [6.45, 7) is 11.7. The molecular weight excluding hydrogens is 524 g/mol. The second-order valence-electron chi connectivity index (χ2n) is 12.3. The number of aryl methyl sites for hydroxylation is 1. The number of ether oxygens (including phenoxy) is 3. The number of benzene rings is 2. The molecule has 1 aliphatic heterocycles. The highest BCUT2D eigenvalue weighted by atomic mass is 16.6. The fraction of sp³-hybridized carbons (Fsp3) is 0.514.